The second-order valence-corrected chi connectivity index (χ2v) is 5.89. The molecule has 0 bridgehead atoms. The second kappa shape index (κ2) is 10.7. The van der Waals surface area contributed by atoms with Crippen LogP contribution in [0.15, 0.2) is 29.3 Å². The average molecular weight is 345 g/mol. The van der Waals surface area contributed by atoms with E-state index in [1.54, 1.807) is 0 Å². The number of hydrogen-bond acceptors (Lipinski definition) is 3. The molecule has 2 N–H and O–H groups in total. The molecule has 0 amide bonds. The third-order valence-corrected chi connectivity index (χ3v) is 3.96. The monoisotopic (exact) mass is 345 g/mol. The van der Waals surface area contributed by atoms with Crippen molar-refractivity contribution in [2.24, 2.45) is 4.99 Å². The summed E-state index contributed by atoms with van der Waals surface area (Å²) < 4.78 is 7.62. The minimum atomic E-state index is 0.774. The maximum Gasteiger partial charge on any atom is 0.191 e. The van der Waals surface area contributed by atoms with Crippen LogP contribution in [0.25, 0.3) is 11.0 Å². The molecule has 6 heteroatoms. The van der Waals surface area contributed by atoms with Gasteiger partial charge >= 0.3 is 0 Å². The van der Waals surface area contributed by atoms with Gasteiger partial charge in [-0.05, 0) is 45.7 Å². The van der Waals surface area contributed by atoms with E-state index in [-0.39, 0.29) is 0 Å². The highest BCUT2D eigenvalue weighted by atomic mass is 16.5. The molecule has 0 aliphatic heterocycles. The molecule has 6 nitrogen and oxygen atoms in total. The fourth-order valence-electron chi connectivity index (χ4n) is 2.76. The average Bonchev–Trinajstić information content (AvgIpc) is 2.93. The van der Waals surface area contributed by atoms with Crippen LogP contribution in [-0.4, -0.2) is 48.4 Å². The van der Waals surface area contributed by atoms with Gasteiger partial charge in [-0.3, -0.25) is 4.99 Å². The molecular weight excluding hydrogens is 314 g/mol. The number of imidazole rings is 1. The number of guanidine groups is 1. The van der Waals surface area contributed by atoms with Crippen LogP contribution in [0.1, 0.15) is 32.5 Å². The van der Waals surface area contributed by atoms with Crippen molar-refractivity contribution in [2.75, 3.05) is 32.8 Å². The van der Waals surface area contributed by atoms with Crippen LogP contribution in [0.5, 0.6) is 0 Å². The van der Waals surface area contributed by atoms with Gasteiger partial charge in [-0.2, -0.15) is 0 Å². The van der Waals surface area contributed by atoms with E-state index in [0.717, 1.165) is 69.5 Å². The van der Waals surface area contributed by atoms with Crippen molar-refractivity contribution in [3.63, 3.8) is 0 Å². The number of ether oxygens (including phenoxy) is 1. The maximum absolute atomic E-state index is 5.35. The number of fused-ring (bicyclic) bond motifs is 1. The van der Waals surface area contributed by atoms with E-state index in [2.05, 4.69) is 57.2 Å². The highest BCUT2D eigenvalue weighted by molar-refractivity contribution is 5.79. The zero-order valence-electron chi connectivity index (χ0n) is 15.7. The smallest absolute Gasteiger partial charge is 0.191 e. The maximum atomic E-state index is 5.35. The van der Waals surface area contributed by atoms with Gasteiger partial charge in [-0.15, -0.1) is 0 Å². The van der Waals surface area contributed by atoms with Gasteiger partial charge in [0, 0.05) is 39.4 Å². The van der Waals surface area contributed by atoms with Crippen LogP contribution in [0.2, 0.25) is 0 Å². The Hall–Kier alpha value is -2.08. The van der Waals surface area contributed by atoms with E-state index >= 15 is 0 Å². The predicted octanol–water partition coefficient (Wildman–Crippen LogP) is 2.72. The fourth-order valence-corrected chi connectivity index (χ4v) is 2.76. The molecule has 1 heterocycles. The van der Waals surface area contributed by atoms with Crippen molar-refractivity contribution >= 4 is 17.0 Å². The summed E-state index contributed by atoms with van der Waals surface area (Å²) >= 11 is 0. The summed E-state index contributed by atoms with van der Waals surface area (Å²) in [6.45, 7) is 11.2. The Labute approximate surface area is 150 Å². The number of nitrogens with one attached hydrogen (secondary N) is 2. The van der Waals surface area contributed by atoms with Crippen LogP contribution >= 0.6 is 0 Å². The molecule has 0 atom stereocenters. The van der Waals surface area contributed by atoms with Gasteiger partial charge < -0.3 is 19.9 Å². The third kappa shape index (κ3) is 6.05. The summed E-state index contributed by atoms with van der Waals surface area (Å²) in [6.07, 6.45) is 1.97. The lowest BCUT2D eigenvalue weighted by atomic mass is 10.3. The zero-order chi connectivity index (χ0) is 17.9. The molecule has 1 aromatic heterocycles. The van der Waals surface area contributed by atoms with Gasteiger partial charge in [0.15, 0.2) is 5.96 Å². The first-order valence-corrected chi connectivity index (χ1v) is 9.28. The topological polar surface area (TPSA) is 63.5 Å². The van der Waals surface area contributed by atoms with Crippen molar-refractivity contribution in [3.8, 4) is 0 Å². The Kier molecular flexibility index (Phi) is 8.25. The van der Waals surface area contributed by atoms with Gasteiger partial charge in [0.1, 0.15) is 5.82 Å². The third-order valence-electron chi connectivity index (χ3n) is 3.96. The Balaban J connectivity index is 1.81. The fraction of sp³-hybridized carbons (Fsp3) is 0.579. The van der Waals surface area contributed by atoms with Crippen LogP contribution < -0.4 is 10.6 Å². The second-order valence-electron chi connectivity index (χ2n) is 5.89. The minimum absolute atomic E-state index is 0.774. The molecule has 0 spiro atoms. The summed E-state index contributed by atoms with van der Waals surface area (Å²) in [5.41, 5.74) is 2.26. The molecule has 2 rings (SSSR count). The Morgan fingerprint density at radius 2 is 2.04 bits per heavy atom. The van der Waals surface area contributed by atoms with Crippen molar-refractivity contribution in [2.45, 2.75) is 40.2 Å². The van der Waals surface area contributed by atoms with E-state index in [1.807, 2.05) is 13.0 Å². The van der Waals surface area contributed by atoms with Crippen LogP contribution in [-0.2, 0) is 11.3 Å². The van der Waals surface area contributed by atoms with E-state index in [9.17, 15) is 0 Å². The molecule has 0 unspecified atom stereocenters. The SMILES string of the molecule is CCNC(=NCCCn1c(C)nc2ccccc21)NCCCOCC. The number of benzene rings is 1. The van der Waals surface area contributed by atoms with Crippen molar-refractivity contribution in [1.29, 1.82) is 0 Å². The quantitative estimate of drug-likeness (QED) is 0.395. The first kappa shape index (κ1) is 19.2. The number of aryl methyl sites for hydroxylation is 2. The molecule has 0 radical (unpaired) electrons. The van der Waals surface area contributed by atoms with Crippen molar-refractivity contribution in [3.05, 3.63) is 30.1 Å². The first-order valence-electron chi connectivity index (χ1n) is 9.28. The molecule has 0 saturated heterocycles. The lowest BCUT2D eigenvalue weighted by Crippen LogP contribution is -2.38. The molecular formula is C19H31N5O. The highest BCUT2D eigenvalue weighted by Crippen LogP contribution is 2.15. The number of nitrogens with zero attached hydrogens (tertiary/aromatic N) is 3. The molecule has 0 aliphatic rings. The van der Waals surface area contributed by atoms with E-state index in [1.165, 1.54) is 5.52 Å². The van der Waals surface area contributed by atoms with Gasteiger partial charge in [0.05, 0.1) is 11.0 Å². The minimum Gasteiger partial charge on any atom is -0.382 e. The molecule has 1 aromatic carbocycles. The number of aromatic nitrogens is 2. The summed E-state index contributed by atoms with van der Waals surface area (Å²) in [5.74, 6) is 1.94. The van der Waals surface area contributed by atoms with Gasteiger partial charge in [-0.25, -0.2) is 4.98 Å². The van der Waals surface area contributed by atoms with E-state index in [0.29, 0.717) is 0 Å². The van der Waals surface area contributed by atoms with E-state index < -0.39 is 0 Å². The van der Waals surface area contributed by atoms with Crippen molar-refractivity contribution < 1.29 is 4.74 Å². The van der Waals surface area contributed by atoms with Gasteiger partial charge in [0.25, 0.3) is 0 Å². The predicted molar refractivity (Wildman–Crippen MR) is 104 cm³/mol. The molecule has 0 aliphatic carbocycles. The van der Waals surface area contributed by atoms with Crippen LogP contribution in [0, 0.1) is 6.92 Å². The van der Waals surface area contributed by atoms with Crippen LogP contribution in [0.4, 0.5) is 0 Å². The number of aliphatic imine (C=N–C) groups is 1. The summed E-state index contributed by atoms with van der Waals surface area (Å²) in [7, 11) is 0. The largest absolute Gasteiger partial charge is 0.382 e. The zero-order valence-corrected chi connectivity index (χ0v) is 15.7. The lowest BCUT2D eigenvalue weighted by Gasteiger charge is -2.11. The molecule has 0 fully saturated rings. The molecule has 0 saturated carbocycles. The van der Waals surface area contributed by atoms with Gasteiger partial charge in [0.2, 0.25) is 0 Å². The molecule has 2 aromatic rings. The van der Waals surface area contributed by atoms with Crippen LogP contribution in [0.3, 0.4) is 0 Å². The standard InChI is InChI=1S/C19H31N5O/c1-4-20-19(22-13-9-15-25-5-2)21-12-8-14-24-16(3)23-17-10-6-7-11-18(17)24/h6-7,10-11H,4-5,8-9,12-15H2,1-3H3,(H2,20,21,22). The number of hydrogen-bond donors (Lipinski definition) is 2. The normalized spacial score (nSPS) is 11.9. The molecule has 138 valence electrons. The Bertz CT molecular complexity index is 665. The Morgan fingerprint density at radius 3 is 2.84 bits per heavy atom. The number of para-hydroxylation sites is 2. The van der Waals surface area contributed by atoms with E-state index in [4.69, 9.17) is 4.74 Å². The summed E-state index contributed by atoms with van der Waals surface area (Å²) in [5, 5.41) is 6.64. The number of rotatable bonds is 10. The van der Waals surface area contributed by atoms with Crippen molar-refractivity contribution in [1.82, 2.24) is 20.2 Å². The molecule has 25 heavy (non-hydrogen) atoms. The Morgan fingerprint density at radius 1 is 1.20 bits per heavy atom. The van der Waals surface area contributed by atoms with Gasteiger partial charge in [-0.1, -0.05) is 12.1 Å². The highest BCUT2D eigenvalue weighted by Gasteiger charge is 2.05. The summed E-state index contributed by atoms with van der Waals surface area (Å²) in [4.78, 5) is 9.27. The summed E-state index contributed by atoms with van der Waals surface area (Å²) in [6, 6.07) is 8.28. The first-order chi connectivity index (χ1) is 12.3. The lowest BCUT2D eigenvalue weighted by molar-refractivity contribution is 0.145.